The van der Waals surface area contributed by atoms with Gasteiger partial charge in [-0.25, -0.2) is 0 Å². The lowest BCUT2D eigenvalue weighted by molar-refractivity contribution is 0.663. The van der Waals surface area contributed by atoms with E-state index in [4.69, 9.17) is 0 Å². The third kappa shape index (κ3) is 3.85. The second-order valence-corrected chi connectivity index (χ2v) is 14.8. The first-order valence-electron chi connectivity index (χ1n) is 18.0. The van der Waals surface area contributed by atoms with Crippen LogP contribution in [0.25, 0.3) is 98.0 Å². The van der Waals surface area contributed by atoms with Crippen molar-refractivity contribution in [1.82, 2.24) is 0 Å². The van der Waals surface area contributed by atoms with E-state index in [0.717, 1.165) is 0 Å². The van der Waals surface area contributed by atoms with Gasteiger partial charge in [0.1, 0.15) is 0 Å². The molecule has 51 heavy (non-hydrogen) atoms. The van der Waals surface area contributed by atoms with Crippen molar-refractivity contribution in [2.45, 2.75) is 19.3 Å². The van der Waals surface area contributed by atoms with E-state index in [1.165, 1.54) is 109 Å². The van der Waals surface area contributed by atoms with E-state index in [1.807, 2.05) is 0 Å². The van der Waals surface area contributed by atoms with Crippen LogP contribution in [0.2, 0.25) is 0 Å². The summed E-state index contributed by atoms with van der Waals surface area (Å²) in [4.78, 5) is 0. The molecule has 0 heterocycles. The fourth-order valence-corrected chi connectivity index (χ4v) is 9.65. The molecule has 0 nitrogen and oxygen atoms in total. The smallest absolute Gasteiger partial charge is 0.0165 e. The summed E-state index contributed by atoms with van der Waals surface area (Å²) in [6.07, 6.45) is 0. The van der Waals surface area contributed by atoms with Gasteiger partial charge in [0.2, 0.25) is 0 Å². The molecule has 0 fully saturated rings. The zero-order valence-corrected chi connectivity index (χ0v) is 28.7. The standard InChI is InChI=1S/C51H34/c1-51(2)45-29-28-32-15-4-6-17-35(32)49(45)43-25-13-24-42(50(43)51)47-38-20-9-11-22-40(38)48(41-23-12-10-21-39(41)47)44-30-33-27-26-31-14-3-5-16-34(31)46(33)37-19-8-7-18-36(37)44/h3-30H,1-2H3. The van der Waals surface area contributed by atoms with Gasteiger partial charge in [0.15, 0.2) is 0 Å². The van der Waals surface area contributed by atoms with Crippen molar-refractivity contribution in [2.75, 3.05) is 0 Å². The summed E-state index contributed by atoms with van der Waals surface area (Å²) in [6, 6.07) is 63.6. The molecule has 0 aromatic heterocycles. The van der Waals surface area contributed by atoms with Crippen LogP contribution >= 0.6 is 0 Å². The van der Waals surface area contributed by atoms with Crippen molar-refractivity contribution in [2.24, 2.45) is 0 Å². The molecule has 0 N–H and O–H groups in total. The first-order chi connectivity index (χ1) is 25.1. The molecule has 0 unspecified atom stereocenters. The van der Waals surface area contributed by atoms with Crippen molar-refractivity contribution in [3.63, 3.8) is 0 Å². The molecule has 0 bridgehead atoms. The normalized spacial score (nSPS) is 13.5. The van der Waals surface area contributed by atoms with Crippen molar-refractivity contribution >= 4 is 64.6 Å². The molecule has 11 rings (SSSR count). The van der Waals surface area contributed by atoms with Crippen LogP contribution in [0.3, 0.4) is 0 Å². The zero-order chi connectivity index (χ0) is 33.8. The highest BCUT2D eigenvalue weighted by atomic mass is 14.4. The van der Waals surface area contributed by atoms with Crippen LogP contribution in [-0.2, 0) is 5.41 Å². The number of rotatable bonds is 2. The molecule has 0 radical (unpaired) electrons. The van der Waals surface area contributed by atoms with Gasteiger partial charge < -0.3 is 0 Å². The molecule has 238 valence electrons. The molecular formula is C51H34. The number of benzene rings is 10. The van der Waals surface area contributed by atoms with E-state index in [2.05, 4.69) is 184 Å². The molecule has 1 aliphatic rings. The molecule has 0 amide bonds. The lowest BCUT2D eigenvalue weighted by atomic mass is 9.76. The number of hydrogen-bond acceptors (Lipinski definition) is 0. The van der Waals surface area contributed by atoms with Gasteiger partial charge >= 0.3 is 0 Å². The monoisotopic (exact) mass is 646 g/mol. The van der Waals surface area contributed by atoms with E-state index in [9.17, 15) is 0 Å². The summed E-state index contributed by atoms with van der Waals surface area (Å²) in [7, 11) is 0. The van der Waals surface area contributed by atoms with Gasteiger partial charge in [-0.3, -0.25) is 0 Å². The van der Waals surface area contributed by atoms with Gasteiger partial charge in [0.05, 0.1) is 0 Å². The Balaban J connectivity index is 1.27. The van der Waals surface area contributed by atoms with Crippen molar-refractivity contribution in [3.8, 4) is 33.4 Å². The van der Waals surface area contributed by atoms with Gasteiger partial charge in [0.25, 0.3) is 0 Å². The maximum Gasteiger partial charge on any atom is 0.0165 e. The summed E-state index contributed by atoms with van der Waals surface area (Å²) in [5.74, 6) is 0. The highest BCUT2D eigenvalue weighted by molar-refractivity contribution is 6.28. The predicted octanol–water partition coefficient (Wildman–Crippen LogP) is 14.2. The topological polar surface area (TPSA) is 0 Å². The van der Waals surface area contributed by atoms with Crippen LogP contribution < -0.4 is 0 Å². The molecular weight excluding hydrogens is 613 g/mol. The fourth-order valence-electron chi connectivity index (χ4n) is 9.65. The first kappa shape index (κ1) is 28.6. The van der Waals surface area contributed by atoms with E-state index in [0.29, 0.717) is 0 Å². The molecule has 0 saturated heterocycles. The minimum Gasteiger partial charge on any atom is -0.0616 e. The number of fused-ring (bicyclic) bond motifs is 12. The Hall–Kier alpha value is -6.24. The predicted molar refractivity (Wildman–Crippen MR) is 220 cm³/mol. The Kier molecular flexibility index (Phi) is 5.82. The molecule has 0 atom stereocenters. The van der Waals surface area contributed by atoms with E-state index < -0.39 is 0 Å². The fraction of sp³-hybridized carbons (Fsp3) is 0.0588. The van der Waals surface area contributed by atoms with Crippen LogP contribution in [0.1, 0.15) is 25.0 Å². The van der Waals surface area contributed by atoms with Crippen molar-refractivity contribution in [3.05, 3.63) is 181 Å². The average Bonchev–Trinajstić information content (AvgIpc) is 3.43. The molecule has 10 aromatic carbocycles. The average molecular weight is 647 g/mol. The molecule has 0 heteroatoms. The second-order valence-electron chi connectivity index (χ2n) is 14.8. The first-order valence-corrected chi connectivity index (χ1v) is 18.0. The van der Waals surface area contributed by atoms with E-state index >= 15 is 0 Å². The summed E-state index contributed by atoms with van der Waals surface area (Å²) in [5.41, 5.74) is 10.6. The highest BCUT2D eigenvalue weighted by Gasteiger charge is 2.39. The number of hydrogen-bond donors (Lipinski definition) is 0. The van der Waals surface area contributed by atoms with Crippen LogP contribution in [0.5, 0.6) is 0 Å². The summed E-state index contributed by atoms with van der Waals surface area (Å²) in [5, 5.41) is 15.5. The molecule has 1 aliphatic carbocycles. The summed E-state index contributed by atoms with van der Waals surface area (Å²) >= 11 is 0. The van der Waals surface area contributed by atoms with Crippen molar-refractivity contribution in [1.29, 1.82) is 0 Å². The Morgan fingerprint density at radius 3 is 1.41 bits per heavy atom. The second kappa shape index (κ2) is 10.4. The maximum atomic E-state index is 2.45. The van der Waals surface area contributed by atoms with Gasteiger partial charge in [-0.1, -0.05) is 178 Å². The third-order valence-corrected chi connectivity index (χ3v) is 11.8. The minimum absolute atomic E-state index is 0.163. The molecule has 0 saturated carbocycles. The van der Waals surface area contributed by atoms with Gasteiger partial charge in [-0.05, 0) is 115 Å². The van der Waals surface area contributed by atoms with Crippen LogP contribution in [-0.4, -0.2) is 0 Å². The Labute approximate surface area is 297 Å². The minimum atomic E-state index is -0.163. The van der Waals surface area contributed by atoms with E-state index in [1.54, 1.807) is 0 Å². The largest absolute Gasteiger partial charge is 0.0616 e. The van der Waals surface area contributed by atoms with Crippen molar-refractivity contribution < 1.29 is 0 Å². The van der Waals surface area contributed by atoms with E-state index in [-0.39, 0.29) is 5.41 Å². The van der Waals surface area contributed by atoms with Gasteiger partial charge in [-0.15, -0.1) is 0 Å². The van der Waals surface area contributed by atoms with Crippen LogP contribution in [0, 0.1) is 0 Å². The summed E-state index contributed by atoms with van der Waals surface area (Å²) in [6.45, 7) is 4.83. The Bertz CT molecular complexity index is 3050. The lowest BCUT2D eigenvalue weighted by Gasteiger charge is -2.26. The SMILES string of the molecule is CC1(C)c2ccc3ccccc3c2-c2cccc(-c3c4ccccc4c(-c4cc5ccc6ccccc6c5c5ccccc45)c4ccccc34)c21. The lowest BCUT2D eigenvalue weighted by Crippen LogP contribution is -2.16. The molecule has 0 aliphatic heterocycles. The zero-order valence-electron chi connectivity index (χ0n) is 28.7. The third-order valence-electron chi connectivity index (χ3n) is 11.8. The Morgan fingerprint density at radius 1 is 0.314 bits per heavy atom. The highest BCUT2D eigenvalue weighted by Crippen LogP contribution is 2.56. The van der Waals surface area contributed by atoms with Gasteiger partial charge in [-0.2, -0.15) is 0 Å². The van der Waals surface area contributed by atoms with Gasteiger partial charge in [0, 0.05) is 5.41 Å². The quantitative estimate of drug-likeness (QED) is 0.129. The molecule has 0 spiro atoms. The van der Waals surface area contributed by atoms with Crippen LogP contribution in [0.15, 0.2) is 170 Å². The molecule has 10 aromatic rings. The maximum absolute atomic E-state index is 2.45. The Morgan fingerprint density at radius 2 is 0.765 bits per heavy atom. The van der Waals surface area contributed by atoms with Crippen LogP contribution in [0.4, 0.5) is 0 Å². The summed E-state index contributed by atoms with van der Waals surface area (Å²) < 4.78 is 0.